The van der Waals surface area contributed by atoms with Crippen LogP contribution in [0.15, 0.2) is 103 Å². The topological polar surface area (TPSA) is 72.8 Å². The second kappa shape index (κ2) is 12.8. The first kappa shape index (κ1) is 28.2. The van der Waals surface area contributed by atoms with Crippen molar-refractivity contribution in [3.63, 3.8) is 0 Å². The molecule has 0 aromatic heterocycles. The second-order valence-corrected chi connectivity index (χ2v) is 9.61. The van der Waals surface area contributed by atoms with Gasteiger partial charge in [-0.3, -0.25) is 9.69 Å². The Morgan fingerprint density at radius 3 is 1.72 bits per heavy atom. The molecule has 4 aromatic rings. The molecule has 1 N–H and O–H groups in total. The van der Waals surface area contributed by atoms with Crippen molar-refractivity contribution >= 4 is 78.0 Å². The molecule has 0 bridgehead atoms. The van der Waals surface area contributed by atoms with Crippen molar-refractivity contribution in [3.8, 4) is 11.5 Å². The van der Waals surface area contributed by atoms with Gasteiger partial charge in [-0.15, -0.1) is 0 Å². The second-order valence-electron chi connectivity index (χ2n) is 7.43. The Hall–Kier alpha value is -2.34. The molecule has 0 aliphatic rings. The van der Waals surface area contributed by atoms with Gasteiger partial charge in [-0.2, -0.15) is 0 Å². The minimum atomic E-state index is -4.42. The molecule has 0 saturated carbocycles. The van der Waals surface area contributed by atoms with E-state index in [1.807, 2.05) is 12.1 Å². The zero-order chi connectivity index (χ0) is 24.8. The Bertz CT molecular complexity index is 1390. The van der Waals surface area contributed by atoms with Crippen molar-refractivity contribution in [1.82, 2.24) is 0 Å². The summed E-state index contributed by atoms with van der Waals surface area (Å²) in [5.74, 6) is 0.0321. The number of carbonyl (C=O) groups is 1. The molecule has 0 spiro atoms. The van der Waals surface area contributed by atoms with Gasteiger partial charge in [-0.05, 0) is 77.9 Å². The third-order valence-corrected chi connectivity index (χ3v) is 6.27. The predicted octanol–water partition coefficient (Wildman–Crippen LogP) is 7.33. The number of benzene rings is 4. The number of Topliss-reactive ketones (excluding diaryl/α,β-unsaturated/α-hetero) is 1. The van der Waals surface area contributed by atoms with Crippen LogP contribution in [0.5, 0.6) is 11.5 Å². The molecular weight excluding hydrogens is 529 g/mol. The molecule has 1 atom stereocenters. The summed E-state index contributed by atoms with van der Waals surface area (Å²) in [5.41, 5.74) is 2.29. The number of rotatable bonds is 8. The average molecular weight is 549 g/mol. The third kappa shape index (κ3) is 7.83. The van der Waals surface area contributed by atoms with Crippen molar-refractivity contribution in [2.45, 2.75) is 0 Å². The molecule has 0 heterocycles. The van der Waals surface area contributed by atoms with Gasteiger partial charge in [-0.1, -0.05) is 65.7 Å². The Morgan fingerprint density at radius 2 is 1.17 bits per heavy atom. The standard InChI is InChI=1S/C27H19Cl2O5P.Na.H/c28-22-12-6-19(7-13-22)18-26(20-8-14-23(29)15-9-20)27(30)21-10-16-25(17-11-21)34-35(31,32)33-24-4-2-1-3-5-24;;/h1-18H,(H,31,32);;. The Morgan fingerprint density at radius 1 is 0.694 bits per heavy atom. The van der Waals surface area contributed by atoms with Crippen molar-refractivity contribution in [2.24, 2.45) is 0 Å². The number of hydrogen-bond donors (Lipinski definition) is 1. The van der Waals surface area contributed by atoms with E-state index in [0.717, 1.165) is 5.56 Å². The third-order valence-electron chi connectivity index (χ3n) is 4.88. The van der Waals surface area contributed by atoms with E-state index in [4.69, 9.17) is 32.2 Å². The van der Waals surface area contributed by atoms with Gasteiger partial charge in [0.05, 0.1) is 0 Å². The van der Waals surface area contributed by atoms with Crippen LogP contribution >= 0.6 is 31.0 Å². The fourth-order valence-corrected chi connectivity index (χ4v) is 4.29. The number of allylic oxidation sites excluding steroid dienone is 1. The summed E-state index contributed by atoms with van der Waals surface area (Å²) in [6, 6.07) is 28.2. The van der Waals surface area contributed by atoms with Crippen LogP contribution in [0.25, 0.3) is 11.6 Å². The average Bonchev–Trinajstić information content (AvgIpc) is 2.84. The number of hydrogen-bond acceptors (Lipinski definition) is 4. The van der Waals surface area contributed by atoms with Crippen molar-refractivity contribution < 1.29 is 23.3 Å². The summed E-state index contributed by atoms with van der Waals surface area (Å²) in [4.78, 5) is 23.5. The number of para-hydroxylation sites is 1. The molecular formula is C27H20Cl2NaO5P. The molecule has 0 fully saturated rings. The number of ketones is 1. The Kier molecular flexibility index (Phi) is 10.0. The normalized spacial score (nSPS) is 12.7. The van der Waals surface area contributed by atoms with E-state index in [9.17, 15) is 14.3 Å². The first-order chi connectivity index (χ1) is 16.8. The van der Waals surface area contributed by atoms with Crippen LogP contribution in [0.1, 0.15) is 21.5 Å². The van der Waals surface area contributed by atoms with Crippen molar-refractivity contribution in [2.75, 3.05) is 0 Å². The van der Waals surface area contributed by atoms with Crippen LogP contribution in [-0.2, 0) is 4.57 Å². The van der Waals surface area contributed by atoms with Gasteiger partial charge in [0.1, 0.15) is 11.5 Å². The van der Waals surface area contributed by atoms with Gasteiger partial charge < -0.3 is 9.05 Å². The van der Waals surface area contributed by atoms with Crippen LogP contribution in [0.4, 0.5) is 0 Å². The molecule has 0 saturated heterocycles. The van der Waals surface area contributed by atoms with Gasteiger partial charge in [0.15, 0.2) is 5.78 Å². The molecule has 1 unspecified atom stereocenters. The zero-order valence-electron chi connectivity index (χ0n) is 18.2. The molecule has 5 nitrogen and oxygen atoms in total. The molecule has 0 amide bonds. The fourth-order valence-electron chi connectivity index (χ4n) is 3.22. The molecule has 178 valence electrons. The molecule has 0 aliphatic heterocycles. The summed E-state index contributed by atoms with van der Waals surface area (Å²) in [5, 5.41) is 1.15. The summed E-state index contributed by atoms with van der Waals surface area (Å²) >= 11 is 12.0. The minimum absolute atomic E-state index is 0. The van der Waals surface area contributed by atoms with E-state index >= 15 is 0 Å². The molecule has 4 rings (SSSR count). The molecule has 9 heteroatoms. The van der Waals surface area contributed by atoms with Crippen LogP contribution in [-0.4, -0.2) is 40.2 Å². The summed E-state index contributed by atoms with van der Waals surface area (Å²) < 4.78 is 22.5. The van der Waals surface area contributed by atoms with Crippen LogP contribution < -0.4 is 9.05 Å². The van der Waals surface area contributed by atoms with Crippen molar-refractivity contribution in [3.05, 3.63) is 130 Å². The van der Waals surface area contributed by atoms with Gasteiger partial charge >= 0.3 is 37.4 Å². The summed E-state index contributed by atoms with van der Waals surface area (Å²) in [6.07, 6.45) is 1.77. The van der Waals surface area contributed by atoms with Gasteiger partial charge in [0.2, 0.25) is 0 Å². The Labute approximate surface area is 241 Å². The van der Waals surface area contributed by atoms with Gasteiger partial charge in [0.25, 0.3) is 0 Å². The molecule has 0 radical (unpaired) electrons. The van der Waals surface area contributed by atoms with E-state index < -0.39 is 7.82 Å². The summed E-state index contributed by atoms with van der Waals surface area (Å²) in [7, 11) is -4.42. The molecule has 0 aliphatic carbocycles. The van der Waals surface area contributed by atoms with E-state index in [1.165, 1.54) is 24.3 Å². The van der Waals surface area contributed by atoms with E-state index in [2.05, 4.69) is 0 Å². The maximum absolute atomic E-state index is 13.4. The molecule has 4 aromatic carbocycles. The van der Waals surface area contributed by atoms with Gasteiger partial charge in [0, 0.05) is 21.2 Å². The van der Waals surface area contributed by atoms with Crippen LogP contribution in [0.3, 0.4) is 0 Å². The first-order valence-corrected chi connectivity index (χ1v) is 12.7. The maximum atomic E-state index is 13.4. The van der Waals surface area contributed by atoms with E-state index in [1.54, 1.807) is 72.8 Å². The molecule has 36 heavy (non-hydrogen) atoms. The zero-order valence-corrected chi connectivity index (χ0v) is 20.6. The van der Waals surface area contributed by atoms with E-state index in [-0.39, 0.29) is 46.8 Å². The fraction of sp³-hybridized carbons (Fsp3) is 0. The predicted molar refractivity (Wildman–Crippen MR) is 146 cm³/mol. The van der Waals surface area contributed by atoms with Crippen LogP contribution in [0, 0.1) is 0 Å². The quantitative estimate of drug-likeness (QED) is 0.0820. The summed E-state index contributed by atoms with van der Waals surface area (Å²) in [6.45, 7) is 0. The Balaban J connectivity index is 0.00000361. The van der Waals surface area contributed by atoms with Gasteiger partial charge in [-0.25, -0.2) is 4.57 Å². The SMILES string of the molecule is O=C(C(=Cc1ccc(Cl)cc1)c1ccc(Cl)cc1)c1ccc(OP(=O)(O)Oc2ccccc2)cc1.[NaH]. The van der Waals surface area contributed by atoms with Crippen LogP contribution in [0.2, 0.25) is 10.0 Å². The number of phosphoric acid groups is 1. The number of phosphoric ester groups is 1. The number of carbonyl (C=O) groups excluding carboxylic acids is 1. The first-order valence-electron chi connectivity index (χ1n) is 10.4. The number of halogens is 2. The van der Waals surface area contributed by atoms with Crippen molar-refractivity contribution in [1.29, 1.82) is 0 Å². The monoisotopic (exact) mass is 548 g/mol. The van der Waals surface area contributed by atoms with E-state index in [0.29, 0.717) is 26.7 Å².